The summed E-state index contributed by atoms with van der Waals surface area (Å²) in [5.41, 5.74) is 0.850. The molecule has 0 radical (unpaired) electrons. The number of aliphatic hydroxyl groups excluding tert-OH is 1. The molecule has 1 atom stereocenters. The molecule has 0 bridgehead atoms. The van der Waals surface area contributed by atoms with Crippen LogP contribution in [0.2, 0.25) is 0 Å². The Morgan fingerprint density at radius 2 is 1.72 bits per heavy atom. The molecule has 18 heavy (non-hydrogen) atoms. The van der Waals surface area contributed by atoms with Gasteiger partial charge in [0.1, 0.15) is 11.9 Å². The van der Waals surface area contributed by atoms with Gasteiger partial charge in [0.25, 0.3) is 0 Å². The predicted octanol–water partition coefficient (Wildman–Crippen LogP) is 3.06. The summed E-state index contributed by atoms with van der Waals surface area (Å²) < 4.78 is 30.9. The first kappa shape index (κ1) is 12.5. The van der Waals surface area contributed by atoms with Crippen molar-refractivity contribution in [1.29, 1.82) is 0 Å². The molecule has 0 aliphatic carbocycles. The van der Waals surface area contributed by atoms with E-state index in [2.05, 4.69) is 0 Å². The van der Waals surface area contributed by atoms with Crippen LogP contribution in [0.4, 0.5) is 8.78 Å². The molecule has 4 heteroatoms. The molecule has 0 aliphatic rings. The van der Waals surface area contributed by atoms with Crippen molar-refractivity contribution < 1.29 is 18.6 Å². The van der Waals surface area contributed by atoms with Gasteiger partial charge >= 0.3 is 0 Å². The second-order valence-electron chi connectivity index (χ2n) is 3.85. The SMILES string of the molecule is COc1cccc(C(O)c2ccc(F)c(F)c2)c1. The van der Waals surface area contributed by atoms with Crippen LogP contribution >= 0.6 is 0 Å². The van der Waals surface area contributed by atoms with Gasteiger partial charge in [0.05, 0.1) is 7.11 Å². The zero-order valence-corrected chi connectivity index (χ0v) is 9.73. The highest BCUT2D eigenvalue weighted by Crippen LogP contribution is 2.25. The molecule has 0 aliphatic heterocycles. The van der Waals surface area contributed by atoms with Crippen molar-refractivity contribution in [3.05, 3.63) is 65.2 Å². The van der Waals surface area contributed by atoms with Crippen molar-refractivity contribution in [2.45, 2.75) is 6.10 Å². The van der Waals surface area contributed by atoms with Crippen LogP contribution in [0, 0.1) is 11.6 Å². The average molecular weight is 250 g/mol. The van der Waals surface area contributed by atoms with E-state index in [0.717, 1.165) is 12.1 Å². The first-order chi connectivity index (χ1) is 8.61. The van der Waals surface area contributed by atoms with Crippen LogP contribution < -0.4 is 4.74 Å². The van der Waals surface area contributed by atoms with Gasteiger partial charge in [-0.15, -0.1) is 0 Å². The highest BCUT2D eigenvalue weighted by atomic mass is 19.2. The molecule has 0 amide bonds. The fraction of sp³-hybridized carbons (Fsp3) is 0.143. The lowest BCUT2D eigenvalue weighted by molar-refractivity contribution is 0.219. The topological polar surface area (TPSA) is 29.5 Å². The van der Waals surface area contributed by atoms with Crippen LogP contribution in [0.25, 0.3) is 0 Å². The molecule has 0 aromatic heterocycles. The van der Waals surface area contributed by atoms with Gasteiger partial charge in [-0.25, -0.2) is 8.78 Å². The van der Waals surface area contributed by atoms with E-state index in [1.165, 1.54) is 13.2 Å². The molecule has 94 valence electrons. The molecule has 0 saturated heterocycles. The maximum Gasteiger partial charge on any atom is 0.159 e. The number of halogens is 2. The van der Waals surface area contributed by atoms with Gasteiger partial charge in [-0.1, -0.05) is 18.2 Å². The normalized spacial score (nSPS) is 12.2. The first-order valence-electron chi connectivity index (χ1n) is 5.39. The van der Waals surface area contributed by atoms with Gasteiger partial charge in [-0.3, -0.25) is 0 Å². The second-order valence-corrected chi connectivity index (χ2v) is 3.85. The van der Waals surface area contributed by atoms with Gasteiger partial charge in [-0.2, -0.15) is 0 Å². The average Bonchev–Trinajstić information content (AvgIpc) is 2.41. The first-order valence-corrected chi connectivity index (χ1v) is 5.39. The van der Waals surface area contributed by atoms with Crippen LogP contribution in [0.1, 0.15) is 17.2 Å². The number of aliphatic hydroxyl groups is 1. The molecule has 0 fully saturated rings. The number of hydrogen-bond acceptors (Lipinski definition) is 2. The number of hydrogen-bond donors (Lipinski definition) is 1. The van der Waals surface area contributed by atoms with Gasteiger partial charge in [0, 0.05) is 0 Å². The lowest BCUT2D eigenvalue weighted by Crippen LogP contribution is -2.01. The molecular formula is C14H12F2O2. The molecular weight excluding hydrogens is 238 g/mol. The predicted molar refractivity (Wildman–Crippen MR) is 63.4 cm³/mol. The minimum Gasteiger partial charge on any atom is -0.497 e. The van der Waals surface area contributed by atoms with Crippen molar-refractivity contribution in [3.8, 4) is 5.75 Å². The molecule has 1 N–H and O–H groups in total. The standard InChI is InChI=1S/C14H12F2O2/c1-18-11-4-2-3-9(7-11)14(17)10-5-6-12(15)13(16)8-10/h2-8,14,17H,1H3. The summed E-state index contributed by atoms with van der Waals surface area (Å²) in [7, 11) is 1.52. The third-order valence-corrected chi connectivity index (χ3v) is 2.67. The van der Waals surface area contributed by atoms with Crippen molar-refractivity contribution in [2.75, 3.05) is 7.11 Å². The summed E-state index contributed by atoms with van der Waals surface area (Å²) in [6.45, 7) is 0. The van der Waals surface area contributed by atoms with Crippen molar-refractivity contribution in [3.63, 3.8) is 0 Å². The van der Waals surface area contributed by atoms with Gasteiger partial charge < -0.3 is 9.84 Å². The zero-order valence-electron chi connectivity index (χ0n) is 9.73. The van der Waals surface area contributed by atoms with E-state index in [1.54, 1.807) is 24.3 Å². The Kier molecular flexibility index (Phi) is 3.58. The molecule has 2 aromatic carbocycles. The number of rotatable bonds is 3. The van der Waals surface area contributed by atoms with E-state index in [4.69, 9.17) is 4.74 Å². The quantitative estimate of drug-likeness (QED) is 0.907. The van der Waals surface area contributed by atoms with E-state index < -0.39 is 17.7 Å². The Bertz CT molecular complexity index is 555. The molecule has 1 unspecified atom stereocenters. The maximum absolute atomic E-state index is 13.1. The summed E-state index contributed by atoms with van der Waals surface area (Å²) in [6, 6.07) is 10.1. The van der Waals surface area contributed by atoms with E-state index >= 15 is 0 Å². The van der Waals surface area contributed by atoms with Gasteiger partial charge in [0.15, 0.2) is 11.6 Å². The number of methoxy groups -OCH3 is 1. The fourth-order valence-electron chi connectivity index (χ4n) is 1.69. The molecule has 2 aromatic rings. The van der Waals surface area contributed by atoms with Crippen molar-refractivity contribution >= 4 is 0 Å². The summed E-state index contributed by atoms with van der Waals surface area (Å²) in [5.74, 6) is -1.32. The van der Waals surface area contributed by atoms with Crippen LogP contribution in [-0.2, 0) is 0 Å². The minimum absolute atomic E-state index is 0.294. The fourth-order valence-corrected chi connectivity index (χ4v) is 1.69. The Balaban J connectivity index is 2.34. The lowest BCUT2D eigenvalue weighted by atomic mass is 10.0. The summed E-state index contributed by atoms with van der Waals surface area (Å²) in [6.07, 6.45) is -1.02. The lowest BCUT2D eigenvalue weighted by Gasteiger charge is -2.12. The van der Waals surface area contributed by atoms with E-state index in [9.17, 15) is 13.9 Å². The number of ether oxygens (including phenoxy) is 1. The highest BCUT2D eigenvalue weighted by molar-refractivity contribution is 5.35. The van der Waals surface area contributed by atoms with Gasteiger partial charge in [0.2, 0.25) is 0 Å². The van der Waals surface area contributed by atoms with E-state index in [1.807, 2.05) is 0 Å². The van der Waals surface area contributed by atoms with Crippen LogP contribution in [0.15, 0.2) is 42.5 Å². The van der Waals surface area contributed by atoms with Crippen LogP contribution in [0.3, 0.4) is 0 Å². The van der Waals surface area contributed by atoms with Crippen LogP contribution in [0.5, 0.6) is 5.75 Å². The Morgan fingerprint density at radius 3 is 2.39 bits per heavy atom. The van der Waals surface area contributed by atoms with Crippen molar-refractivity contribution in [1.82, 2.24) is 0 Å². The smallest absolute Gasteiger partial charge is 0.159 e. The molecule has 0 spiro atoms. The monoisotopic (exact) mass is 250 g/mol. The summed E-state index contributed by atoms with van der Waals surface area (Å²) >= 11 is 0. The van der Waals surface area contributed by atoms with E-state index in [-0.39, 0.29) is 0 Å². The van der Waals surface area contributed by atoms with E-state index in [0.29, 0.717) is 16.9 Å². The molecule has 0 saturated carbocycles. The Hall–Kier alpha value is -1.94. The molecule has 2 nitrogen and oxygen atoms in total. The third-order valence-electron chi connectivity index (χ3n) is 2.67. The van der Waals surface area contributed by atoms with Gasteiger partial charge in [-0.05, 0) is 35.4 Å². The minimum atomic E-state index is -1.02. The summed E-state index contributed by atoms with van der Waals surface area (Å²) in [4.78, 5) is 0. The van der Waals surface area contributed by atoms with Crippen molar-refractivity contribution in [2.24, 2.45) is 0 Å². The molecule has 0 heterocycles. The van der Waals surface area contributed by atoms with Crippen LogP contribution in [-0.4, -0.2) is 12.2 Å². The second kappa shape index (κ2) is 5.14. The highest BCUT2D eigenvalue weighted by Gasteiger charge is 2.13. The summed E-state index contributed by atoms with van der Waals surface area (Å²) in [5, 5.41) is 10.1. The maximum atomic E-state index is 13.1. The largest absolute Gasteiger partial charge is 0.497 e. The Morgan fingerprint density at radius 1 is 1.00 bits per heavy atom. The third kappa shape index (κ3) is 2.49. The zero-order chi connectivity index (χ0) is 13.1. The number of benzene rings is 2. The Labute approximate surface area is 103 Å². The molecule has 2 rings (SSSR count).